The fraction of sp³-hybridized carbons (Fsp3) is 0.0714. The van der Waals surface area contributed by atoms with Crippen LogP contribution in [0.25, 0.3) is 10.9 Å². The summed E-state index contributed by atoms with van der Waals surface area (Å²) in [5, 5.41) is 0.487. The fourth-order valence-corrected chi connectivity index (χ4v) is 2.35. The highest BCUT2D eigenvalue weighted by atomic mass is 79.9. The summed E-state index contributed by atoms with van der Waals surface area (Å²) in [5.41, 5.74) is 0.865. The minimum atomic E-state index is -0.226. The van der Waals surface area contributed by atoms with Gasteiger partial charge in [0.1, 0.15) is 0 Å². The Morgan fingerprint density at radius 1 is 1.35 bits per heavy atom. The highest BCUT2D eigenvalue weighted by molar-refractivity contribution is 9.10. The number of nitrogens with one attached hydrogen (secondary N) is 1. The number of halogens is 1. The largest absolute Gasteiger partial charge is 0.359 e. The molecule has 100 valence electrons. The maximum absolute atomic E-state index is 12.3. The van der Waals surface area contributed by atoms with Crippen molar-refractivity contribution in [2.24, 2.45) is 0 Å². The highest BCUT2D eigenvalue weighted by Gasteiger charge is 2.10. The molecule has 0 saturated heterocycles. The van der Waals surface area contributed by atoms with Crippen LogP contribution in [0.15, 0.2) is 52.1 Å². The van der Waals surface area contributed by atoms with E-state index in [0.717, 1.165) is 4.47 Å². The number of fused-ring (bicyclic) bond motifs is 1. The van der Waals surface area contributed by atoms with E-state index in [1.807, 2.05) is 6.07 Å². The van der Waals surface area contributed by atoms with Crippen LogP contribution in [0, 0.1) is 0 Å². The van der Waals surface area contributed by atoms with Gasteiger partial charge in [0.15, 0.2) is 5.78 Å². The fourth-order valence-electron chi connectivity index (χ4n) is 1.99. The number of aromatic amines is 1. The number of carbonyl (C=O) groups excluding carboxylic acids is 1. The third-order valence-electron chi connectivity index (χ3n) is 3.00. The maximum atomic E-state index is 12.3. The van der Waals surface area contributed by atoms with E-state index in [9.17, 15) is 9.59 Å². The van der Waals surface area contributed by atoms with Crippen molar-refractivity contribution in [2.45, 2.75) is 6.54 Å². The van der Waals surface area contributed by atoms with Crippen LogP contribution in [0.1, 0.15) is 10.5 Å². The van der Waals surface area contributed by atoms with E-state index in [4.69, 9.17) is 0 Å². The van der Waals surface area contributed by atoms with Gasteiger partial charge in [0, 0.05) is 10.7 Å². The second-order valence-corrected chi connectivity index (χ2v) is 5.26. The van der Waals surface area contributed by atoms with E-state index in [1.54, 1.807) is 30.5 Å². The van der Waals surface area contributed by atoms with Crippen LogP contribution < -0.4 is 5.56 Å². The lowest BCUT2D eigenvalue weighted by molar-refractivity contribution is 0.0966. The minimum Gasteiger partial charge on any atom is -0.359 e. The Balaban J connectivity index is 2.02. The molecule has 0 radical (unpaired) electrons. The highest BCUT2D eigenvalue weighted by Crippen LogP contribution is 2.14. The molecule has 3 aromatic rings. The average molecular weight is 332 g/mol. The molecule has 1 aromatic carbocycles. The molecule has 5 nitrogen and oxygen atoms in total. The quantitative estimate of drug-likeness (QED) is 0.749. The molecule has 0 saturated carbocycles. The summed E-state index contributed by atoms with van der Waals surface area (Å²) in [6, 6.07) is 8.71. The molecule has 0 amide bonds. The number of hydrogen-bond donors (Lipinski definition) is 1. The maximum Gasteiger partial charge on any atom is 0.261 e. The Morgan fingerprint density at radius 3 is 2.95 bits per heavy atom. The normalized spacial score (nSPS) is 10.8. The van der Waals surface area contributed by atoms with Gasteiger partial charge in [-0.05, 0) is 30.3 Å². The molecular weight excluding hydrogens is 322 g/mol. The lowest BCUT2D eigenvalue weighted by atomic mass is 10.2. The Bertz CT molecular complexity index is 837. The molecule has 6 heteroatoms. The minimum absolute atomic E-state index is 0.0329. The first kappa shape index (κ1) is 12.8. The number of rotatable bonds is 3. The van der Waals surface area contributed by atoms with Gasteiger partial charge in [-0.25, -0.2) is 4.98 Å². The molecule has 0 aliphatic rings. The standard InChI is InChI=1S/C14H10BrN3O2/c15-9-3-4-11-10(6-9)14(20)18(8-17-11)7-13(19)12-2-1-5-16-12/h1-6,8,16H,7H2. The van der Waals surface area contributed by atoms with Crippen molar-refractivity contribution >= 4 is 32.6 Å². The van der Waals surface area contributed by atoms with Gasteiger partial charge in [0.2, 0.25) is 0 Å². The van der Waals surface area contributed by atoms with E-state index < -0.39 is 0 Å². The molecule has 0 aliphatic carbocycles. The van der Waals surface area contributed by atoms with Gasteiger partial charge in [-0.2, -0.15) is 0 Å². The van der Waals surface area contributed by atoms with Gasteiger partial charge < -0.3 is 4.98 Å². The molecule has 20 heavy (non-hydrogen) atoms. The van der Waals surface area contributed by atoms with Crippen LogP contribution in [0.3, 0.4) is 0 Å². The van der Waals surface area contributed by atoms with E-state index >= 15 is 0 Å². The van der Waals surface area contributed by atoms with E-state index in [-0.39, 0.29) is 17.9 Å². The Labute approximate surface area is 122 Å². The number of Topliss-reactive ketones (excluding diaryl/α,β-unsaturated/α-hetero) is 1. The number of carbonyl (C=O) groups is 1. The molecule has 0 bridgehead atoms. The summed E-state index contributed by atoms with van der Waals surface area (Å²) in [5.74, 6) is -0.159. The van der Waals surface area contributed by atoms with Gasteiger partial charge in [0.05, 0.1) is 29.5 Å². The van der Waals surface area contributed by atoms with Crippen molar-refractivity contribution in [1.29, 1.82) is 0 Å². The summed E-state index contributed by atoms with van der Waals surface area (Å²) < 4.78 is 2.12. The van der Waals surface area contributed by atoms with Crippen LogP contribution in [0.5, 0.6) is 0 Å². The molecule has 2 aromatic heterocycles. The van der Waals surface area contributed by atoms with Gasteiger partial charge in [-0.1, -0.05) is 15.9 Å². The van der Waals surface area contributed by atoms with Crippen molar-refractivity contribution in [1.82, 2.24) is 14.5 Å². The number of benzene rings is 1. The van der Waals surface area contributed by atoms with Crippen molar-refractivity contribution in [3.8, 4) is 0 Å². The van der Waals surface area contributed by atoms with Crippen LogP contribution in [0.4, 0.5) is 0 Å². The zero-order chi connectivity index (χ0) is 14.1. The molecule has 0 aliphatic heterocycles. The number of nitrogens with zero attached hydrogens (tertiary/aromatic N) is 2. The van der Waals surface area contributed by atoms with E-state index in [1.165, 1.54) is 10.9 Å². The van der Waals surface area contributed by atoms with E-state index in [0.29, 0.717) is 16.6 Å². The average Bonchev–Trinajstić information content (AvgIpc) is 2.96. The Morgan fingerprint density at radius 2 is 2.20 bits per heavy atom. The van der Waals surface area contributed by atoms with Crippen molar-refractivity contribution in [3.63, 3.8) is 0 Å². The first-order valence-electron chi connectivity index (χ1n) is 5.96. The molecule has 2 heterocycles. The van der Waals surface area contributed by atoms with E-state index in [2.05, 4.69) is 25.9 Å². The molecular formula is C14H10BrN3O2. The van der Waals surface area contributed by atoms with Crippen molar-refractivity contribution in [2.75, 3.05) is 0 Å². The SMILES string of the molecule is O=C(Cn1cnc2ccc(Br)cc2c1=O)c1ccc[nH]1. The Hall–Kier alpha value is -2.21. The lowest BCUT2D eigenvalue weighted by Crippen LogP contribution is -2.24. The monoisotopic (exact) mass is 331 g/mol. The van der Waals surface area contributed by atoms with Gasteiger partial charge >= 0.3 is 0 Å². The number of hydrogen-bond acceptors (Lipinski definition) is 3. The van der Waals surface area contributed by atoms with Crippen molar-refractivity contribution in [3.05, 3.63) is 63.4 Å². The van der Waals surface area contributed by atoms with Crippen LogP contribution in [0.2, 0.25) is 0 Å². The van der Waals surface area contributed by atoms with Crippen molar-refractivity contribution < 1.29 is 4.79 Å². The Kier molecular flexibility index (Phi) is 3.23. The predicted molar refractivity (Wildman–Crippen MR) is 78.8 cm³/mol. The van der Waals surface area contributed by atoms with Crippen LogP contribution in [-0.4, -0.2) is 20.3 Å². The first-order valence-corrected chi connectivity index (χ1v) is 6.76. The smallest absolute Gasteiger partial charge is 0.261 e. The molecule has 0 spiro atoms. The summed E-state index contributed by atoms with van der Waals surface area (Å²) >= 11 is 3.33. The molecule has 3 rings (SSSR count). The third-order valence-corrected chi connectivity index (χ3v) is 3.49. The van der Waals surface area contributed by atoms with Gasteiger partial charge in [-0.15, -0.1) is 0 Å². The number of aromatic nitrogens is 3. The summed E-state index contributed by atoms with van der Waals surface area (Å²) in [6.07, 6.45) is 3.07. The third kappa shape index (κ3) is 2.30. The molecule has 1 N–H and O–H groups in total. The topological polar surface area (TPSA) is 67.8 Å². The zero-order valence-corrected chi connectivity index (χ0v) is 11.9. The van der Waals surface area contributed by atoms with Crippen LogP contribution in [-0.2, 0) is 6.54 Å². The predicted octanol–water partition coefficient (Wildman–Crippen LogP) is 2.37. The lowest BCUT2D eigenvalue weighted by Gasteiger charge is -2.05. The summed E-state index contributed by atoms with van der Waals surface area (Å²) in [6.45, 7) is -0.0329. The number of H-pyrrole nitrogens is 1. The first-order chi connectivity index (χ1) is 9.65. The number of ketones is 1. The zero-order valence-electron chi connectivity index (χ0n) is 10.3. The second-order valence-electron chi connectivity index (χ2n) is 4.35. The second kappa shape index (κ2) is 5.05. The summed E-state index contributed by atoms with van der Waals surface area (Å²) in [7, 11) is 0. The van der Waals surface area contributed by atoms with Gasteiger partial charge in [0.25, 0.3) is 5.56 Å². The summed E-state index contributed by atoms with van der Waals surface area (Å²) in [4.78, 5) is 31.4. The molecule has 0 fully saturated rings. The van der Waals surface area contributed by atoms with Crippen LogP contribution >= 0.6 is 15.9 Å². The molecule has 0 unspecified atom stereocenters. The van der Waals surface area contributed by atoms with Gasteiger partial charge in [-0.3, -0.25) is 14.2 Å². The molecule has 0 atom stereocenters.